The van der Waals surface area contributed by atoms with Crippen molar-refractivity contribution in [2.75, 3.05) is 13.1 Å². The molecule has 2 nitrogen and oxygen atoms in total. The fourth-order valence-corrected chi connectivity index (χ4v) is 2.86. The number of hydrogen-bond donors (Lipinski definition) is 2. The summed E-state index contributed by atoms with van der Waals surface area (Å²) in [6.45, 7) is 4.18. The second-order valence-electron chi connectivity index (χ2n) is 4.60. The number of benzene rings is 1. The molecular weight excluding hydrogens is 266 g/mol. The number of phenolic OH excluding ortho intramolecular Hbond substituents is 1. The SMILES string of the molecule is Cc1ccc(CC2CCNCC2)c(Br)c1O. The summed E-state index contributed by atoms with van der Waals surface area (Å²) in [5.74, 6) is 1.14. The van der Waals surface area contributed by atoms with Crippen LogP contribution in [0.4, 0.5) is 0 Å². The minimum atomic E-state index is 0.395. The van der Waals surface area contributed by atoms with E-state index < -0.39 is 0 Å². The van der Waals surface area contributed by atoms with Gasteiger partial charge in [-0.15, -0.1) is 0 Å². The van der Waals surface area contributed by atoms with Gasteiger partial charge in [-0.25, -0.2) is 0 Å². The van der Waals surface area contributed by atoms with Crippen LogP contribution < -0.4 is 5.32 Å². The molecule has 1 aromatic carbocycles. The van der Waals surface area contributed by atoms with Crippen molar-refractivity contribution in [2.24, 2.45) is 5.92 Å². The highest BCUT2D eigenvalue weighted by Gasteiger charge is 2.16. The van der Waals surface area contributed by atoms with Crippen molar-refractivity contribution in [1.82, 2.24) is 5.32 Å². The molecule has 0 spiro atoms. The summed E-state index contributed by atoms with van der Waals surface area (Å²) in [5, 5.41) is 13.2. The smallest absolute Gasteiger partial charge is 0.132 e. The van der Waals surface area contributed by atoms with E-state index >= 15 is 0 Å². The van der Waals surface area contributed by atoms with E-state index in [4.69, 9.17) is 0 Å². The lowest BCUT2D eigenvalue weighted by Crippen LogP contribution is -2.28. The van der Waals surface area contributed by atoms with Gasteiger partial charge in [0, 0.05) is 0 Å². The largest absolute Gasteiger partial charge is 0.506 e. The van der Waals surface area contributed by atoms with Gasteiger partial charge in [0.1, 0.15) is 5.75 Å². The second-order valence-corrected chi connectivity index (χ2v) is 5.39. The van der Waals surface area contributed by atoms with Crippen molar-refractivity contribution in [3.63, 3.8) is 0 Å². The molecule has 3 heteroatoms. The lowest BCUT2D eigenvalue weighted by molar-refractivity contribution is 0.371. The van der Waals surface area contributed by atoms with Crippen LogP contribution in [0.25, 0.3) is 0 Å². The quantitative estimate of drug-likeness (QED) is 0.875. The fraction of sp³-hybridized carbons (Fsp3) is 0.538. The van der Waals surface area contributed by atoms with Gasteiger partial charge in [0.25, 0.3) is 0 Å². The molecule has 0 amide bonds. The number of aryl methyl sites for hydroxylation is 1. The minimum Gasteiger partial charge on any atom is -0.506 e. The van der Waals surface area contributed by atoms with Crippen LogP contribution in [-0.4, -0.2) is 18.2 Å². The average molecular weight is 284 g/mol. The van der Waals surface area contributed by atoms with Gasteiger partial charge in [0.2, 0.25) is 0 Å². The van der Waals surface area contributed by atoms with Gasteiger partial charge in [-0.3, -0.25) is 0 Å². The molecule has 0 aromatic heterocycles. The summed E-state index contributed by atoms with van der Waals surface area (Å²) < 4.78 is 0.881. The summed E-state index contributed by atoms with van der Waals surface area (Å²) >= 11 is 3.49. The van der Waals surface area contributed by atoms with Crippen LogP contribution in [0.5, 0.6) is 5.75 Å². The summed E-state index contributed by atoms with van der Waals surface area (Å²) in [4.78, 5) is 0. The molecule has 1 heterocycles. The van der Waals surface area contributed by atoms with E-state index in [9.17, 15) is 5.11 Å². The fourth-order valence-electron chi connectivity index (χ4n) is 2.26. The first-order valence-electron chi connectivity index (χ1n) is 5.86. The molecule has 1 aromatic rings. The van der Waals surface area contributed by atoms with Gasteiger partial charge in [0.15, 0.2) is 0 Å². The van der Waals surface area contributed by atoms with Crippen LogP contribution in [0.15, 0.2) is 16.6 Å². The summed E-state index contributed by atoms with van der Waals surface area (Å²) in [6.07, 6.45) is 3.54. The van der Waals surface area contributed by atoms with E-state index in [1.807, 2.05) is 13.0 Å². The lowest BCUT2D eigenvalue weighted by Gasteiger charge is -2.23. The van der Waals surface area contributed by atoms with Crippen molar-refractivity contribution in [3.05, 3.63) is 27.7 Å². The monoisotopic (exact) mass is 283 g/mol. The Kier molecular flexibility index (Phi) is 3.87. The molecule has 1 aliphatic heterocycles. The van der Waals surface area contributed by atoms with Crippen molar-refractivity contribution in [2.45, 2.75) is 26.2 Å². The van der Waals surface area contributed by atoms with E-state index in [1.54, 1.807) is 0 Å². The number of nitrogens with one attached hydrogen (secondary N) is 1. The van der Waals surface area contributed by atoms with Crippen molar-refractivity contribution < 1.29 is 5.11 Å². The molecule has 1 saturated heterocycles. The van der Waals surface area contributed by atoms with E-state index in [2.05, 4.69) is 27.3 Å². The van der Waals surface area contributed by atoms with Crippen molar-refractivity contribution in [1.29, 1.82) is 0 Å². The van der Waals surface area contributed by atoms with Gasteiger partial charge in [-0.2, -0.15) is 0 Å². The van der Waals surface area contributed by atoms with Gasteiger partial charge in [0.05, 0.1) is 4.47 Å². The van der Waals surface area contributed by atoms with Gasteiger partial charge < -0.3 is 10.4 Å². The number of piperidine rings is 1. The topological polar surface area (TPSA) is 32.3 Å². The highest BCUT2D eigenvalue weighted by atomic mass is 79.9. The van der Waals surface area contributed by atoms with Crippen LogP contribution in [0, 0.1) is 12.8 Å². The Morgan fingerprint density at radius 1 is 1.38 bits per heavy atom. The Labute approximate surface area is 105 Å². The molecular formula is C13H18BrNO. The van der Waals surface area contributed by atoms with Crippen molar-refractivity contribution in [3.8, 4) is 5.75 Å². The maximum atomic E-state index is 9.86. The highest BCUT2D eigenvalue weighted by molar-refractivity contribution is 9.10. The van der Waals surface area contributed by atoms with E-state index in [-0.39, 0.29) is 0 Å². The van der Waals surface area contributed by atoms with Gasteiger partial charge in [-0.1, -0.05) is 12.1 Å². The minimum absolute atomic E-state index is 0.395. The number of aromatic hydroxyl groups is 1. The molecule has 2 N–H and O–H groups in total. The summed E-state index contributed by atoms with van der Waals surface area (Å²) in [5.41, 5.74) is 2.16. The predicted octanol–water partition coefficient (Wildman–Crippen LogP) is 3.01. The first kappa shape index (κ1) is 11.9. The third kappa shape index (κ3) is 2.58. The molecule has 0 radical (unpaired) electrons. The lowest BCUT2D eigenvalue weighted by atomic mass is 9.90. The molecule has 0 unspecified atom stereocenters. The van der Waals surface area contributed by atoms with E-state index in [1.165, 1.54) is 18.4 Å². The number of rotatable bonds is 2. The molecule has 88 valence electrons. The zero-order valence-corrected chi connectivity index (χ0v) is 11.2. The summed E-state index contributed by atoms with van der Waals surface area (Å²) in [6, 6.07) is 4.12. The second kappa shape index (κ2) is 5.19. The zero-order chi connectivity index (χ0) is 11.5. The first-order chi connectivity index (χ1) is 7.68. The molecule has 0 bridgehead atoms. The molecule has 2 rings (SSSR count). The van der Waals surface area contributed by atoms with E-state index in [0.717, 1.165) is 35.5 Å². The number of halogens is 1. The zero-order valence-electron chi connectivity index (χ0n) is 9.59. The Balaban J connectivity index is 2.11. The first-order valence-corrected chi connectivity index (χ1v) is 6.65. The standard InChI is InChI=1S/C13H18BrNO/c1-9-2-3-11(12(14)13(9)16)8-10-4-6-15-7-5-10/h2-3,10,15-16H,4-8H2,1H3. The van der Waals surface area contributed by atoms with Crippen LogP contribution >= 0.6 is 15.9 Å². The van der Waals surface area contributed by atoms with E-state index in [0.29, 0.717) is 5.75 Å². The normalized spacial score (nSPS) is 17.6. The van der Waals surface area contributed by atoms with Crippen LogP contribution in [-0.2, 0) is 6.42 Å². The van der Waals surface area contributed by atoms with Crippen LogP contribution in [0.1, 0.15) is 24.0 Å². The Hall–Kier alpha value is -0.540. The Morgan fingerprint density at radius 3 is 2.75 bits per heavy atom. The molecule has 1 fully saturated rings. The maximum absolute atomic E-state index is 9.86. The third-order valence-electron chi connectivity index (χ3n) is 3.37. The van der Waals surface area contributed by atoms with Gasteiger partial charge in [-0.05, 0) is 72.3 Å². The predicted molar refractivity (Wildman–Crippen MR) is 69.8 cm³/mol. The average Bonchev–Trinajstić information content (AvgIpc) is 2.31. The van der Waals surface area contributed by atoms with Crippen LogP contribution in [0.3, 0.4) is 0 Å². The van der Waals surface area contributed by atoms with Crippen LogP contribution in [0.2, 0.25) is 0 Å². The molecule has 0 atom stereocenters. The Morgan fingerprint density at radius 2 is 2.06 bits per heavy atom. The molecule has 0 aliphatic carbocycles. The summed E-state index contributed by atoms with van der Waals surface area (Å²) in [7, 11) is 0. The molecule has 1 aliphatic rings. The molecule has 16 heavy (non-hydrogen) atoms. The third-order valence-corrected chi connectivity index (χ3v) is 4.25. The number of phenols is 1. The Bertz CT molecular complexity index is 372. The number of hydrogen-bond acceptors (Lipinski definition) is 2. The highest BCUT2D eigenvalue weighted by Crippen LogP contribution is 2.33. The molecule has 0 saturated carbocycles. The van der Waals surface area contributed by atoms with Crippen molar-refractivity contribution >= 4 is 15.9 Å². The van der Waals surface area contributed by atoms with Gasteiger partial charge >= 0.3 is 0 Å². The maximum Gasteiger partial charge on any atom is 0.132 e.